The molecular formula is C13H12O3. The van der Waals surface area contributed by atoms with Crippen LogP contribution in [-0.4, -0.2) is 16.7 Å². The maximum absolute atomic E-state index is 10.9. The Bertz CT molecular complexity index is 474. The molecule has 0 radical (unpaired) electrons. The Kier molecular flexibility index (Phi) is 2.52. The smallest absolute Gasteiger partial charge is 0.331 e. The van der Waals surface area contributed by atoms with E-state index in [1.165, 1.54) is 6.08 Å². The van der Waals surface area contributed by atoms with Crippen LogP contribution in [0.3, 0.4) is 0 Å². The van der Waals surface area contributed by atoms with Crippen LogP contribution in [0, 0.1) is 0 Å². The quantitative estimate of drug-likeness (QED) is 0.771. The molecule has 0 saturated carbocycles. The number of carbonyl (C=O) groups excluding carboxylic acids is 1. The van der Waals surface area contributed by atoms with E-state index < -0.39 is 5.60 Å². The molecule has 0 aromatic heterocycles. The molecule has 1 aliphatic heterocycles. The van der Waals surface area contributed by atoms with Gasteiger partial charge in [0.15, 0.2) is 0 Å². The van der Waals surface area contributed by atoms with Crippen molar-refractivity contribution in [1.29, 1.82) is 0 Å². The van der Waals surface area contributed by atoms with E-state index >= 15 is 0 Å². The third-order valence-electron chi connectivity index (χ3n) is 2.40. The fraction of sp³-hybridized carbons (Fsp3) is 0.154. The highest BCUT2D eigenvalue weighted by Crippen LogP contribution is 2.24. The van der Waals surface area contributed by atoms with Gasteiger partial charge in [-0.25, -0.2) is 4.79 Å². The molecule has 3 nitrogen and oxygen atoms in total. The van der Waals surface area contributed by atoms with E-state index in [4.69, 9.17) is 4.74 Å². The fourth-order valence-electron chi connectivity index (χ4n) is 1.49. The largest absolute Gasteiger partial charge is 0.507 e. The second-order valence-corrected chi connectivity index (χ2v) is 3.83. The van der Waals surface area contributed by atoms with Crippen LogP contribution in [0.1, 0.15) is 12.5 Å². The minimum absolute atomic E-state index is 0.204. The molecule has 2 rings (SSSR count). The van der Waals surface area contributed by atoms with Crippen LogP contribution in [0.5, 0.6) is 5.75 Å². The van der Waals surface area contributed by atoms with E-state index in [1.54, 1.807) is 43.4 Å². The lowest BCUT2D eigenvalue weighted by Crippen LogP contribution is -2.20. The summed E-state index contributed by atoms with van der Waals surface area (Å²) in [6.45, 7) is 1.78. The first-order valence-electron chi connectivity index (χ1n) is 4.98. The Labute approximate surface area is 93.7 Å². The van der Waals surface area contributed by atoms with Gasteiger partial charge in [-0.05, 0) is 25.1 Å². The normalized spacial score (nSPS) is 23.9. The number of phenolic OH excluding ortho intramolecular Hbond substituents is 1. The molecule has 16 heavy (non-hydrogen) atoms. The molecule has 0 fully saturated rings. The summed E-state index contributed by atoms with van der Waals surface area (Å²) in [5.41, 5.74) is -0.0145. The highest BCUT2D eigenvalue weighted by molar-refractivity contribution is 5.85. The zero-order valence-electron chi connectivity index (χ0n) is 8.88. The van der Waals surface area contributed by atoms with Gasteiger partial charge in [0, 0.05) is 11.6 Å². The van der Waals surface area contributed by atoms with Gasteiger partial charge in [0.05, 0.1) is 0 Å². The highest BCUT2D eigenvalue weighted by atomic mass is 16.6. The lowest BCUT2D eigenvalue weighted by atomic mass is 10.0. The van der Waals surface area contributed by atoms with Crippen molar-refractivity contribution in [1.82, 2.24) is 0 Å². The lowest BCUT2D eigenvalue weighted by molar-refractivity contribution is -0.141. The van der Waals surface area contributed by atoms with E-state index in [0.29, 0.717) is 5.56 Å². The number of carbonyl (C=O) groups is 1. The molecule has 3 heteroatoms. The van der Waals surface area contributed by atoms with E-state index in [-0.39, 0.29) is 11.7 Å². The van der Waals surface area contributed by atoms with Crippen LogP contribution in [0.25, 0.3) is 6.08 Å². The molecule has 1 atom stereocenters. The van der Waals surface area contributed by atoms with Gasteiger partial charge in [-0.3, -0.25) is 0 Å². The van der Waals surface area contributed by atoms with Crippen molar-refractivity contribution < 1.29 is 14.6 Å². The van der Waals surface area contributed by atoms with Crippen molar-refractivity contribution in [3.05, 3.63) is 48.1 Å². The predicted molar refractivity (Wildman–Crippen MR) is 60.8 cm³/mol. The first kappa shape index (κ1) is 10.5. The molecule has 0 spiro atoms. The van der Waals surface area contributed by atoms with Gasteiger partial charge in [0.2, 0.25) is 0 Å². The summed E-state index contributed by atoms with van der Waals surface area (Å²) in [4.78, 5) is 10.9. The van der Waals surface area contributed by atoms with Gasteiger partial charge in [-0.15, -0.1) is 0 Å². The predicted octanol–water partition coefficient (Wildman–Crippen LogP) is 2.28. The highest BCUT2D eigenvalue weighted by Gasteiger charge is 2.27. The first-order chi connectivity index (χ1) is 7.59. The first-order valence-corrected chi connectivity index (χ1v) is 4.98. The number of aromatic hydroxyl groups is 1. The van der Waals surface area contributed by atoms with Crippen molar-refractivity contribution in [2.75, 3.05) is 0 Å². The SMILES string of the molecule is CC1(/C=C/c2ccccc2O)C=CC(=O)O1. The Balaban J connectivity index is 2.19. The number of hydrogen-bond acceptors (Lipinski definition) is 3. The van der Waals surface area contributed by atoms with Gasteiger partial charge in [0.25, 0.3) is 0 Å². The van der Waals surface area contributed by atoms with Crippen molar-refractivity contribution in [3.63, 3.8) is 0 Å². The third kappa shape index (κ3) is 2.14. The molecule has 1 aromatic rings. The Hall–Kier alpha value is -2.03. The van der Waals surface area contributed by atoms with Crippen LogP contribution in [0.2, 0.25) is 0 Å². The minimum Gasteiger partial charge on any atom is -0.507 e. The number of esters is 1. The average molecular weight is 216 g/mol. The molecule has 0 amide bonds. The molecule has 1 N–H and O–H groups in total. The van der Waals surface area contributed by atoms with Crippen molar-refractivity contribution >= 4 is 12.0 Å². The van der Waals surface area contributed by atoms with E-state index in [1.807, 2.05) is 6.07 Å². The molecule has 0 saturated heterocycles. The van der Waals surface area contributed by atoms with E-state index in [0.717, 1.165) is 0 Å². The molecule has 1 aliphatic rings. The Morgan fingerprint density at radius 1 is 1.38 bits per heavy atom. The number of phenols is 1. The lowest BCUT2D eigenvalue weighted by Gasteiger charge is -2.16. The Morgan fingerprint density at radius 3 is 2.75 bits per heavy atom. The fourth-order valence-corrected chi connectivity index (χ4v) is 1.49. The summed E-state index contributed by atoms with van der Waals surface area (Å²) in [6.07, 6.45) is 6.56. The summed E-state index contributed by atoms with van der Waals surface area (Å²) in [5, 5.41) is 9.54. The molecule has 0 aliphatic carbocycles. The van der Waals surface area contributed by atoms with E-state index in [2.05, 4.69) is 0 Å². The molecule has 1 unspecified atom stereocenters. The molecule has 0 bridgehead atoms. The molecule has 82 valence electrons. The van der Waals surface area contributed by atoms with Crippen molar-refractivity contribution in [2.45, 2.75) is 12.5 Å². The van der Waals surface area contributed by atoms with Gasteiger partial charge < -0.3 is 9.84 Å². The maximum Gasteiger partial charge on any atom is 0.331 e. The van der Waals surface area contributed by atoms with Crippen LogP contribution in [0.4, 0.5) is 0 Å². The summed E-state index contributed by atoms with van der Waals surface area (Å²) >= 11 is 0. The number of para-hydroxylation sites is 1. The maximum atomic E-state index is 10.9. The minimum atomic E-state index is -0.709. The van der Waals surface area contributed by atoms with Crippen molar-refractivity contribution in [2.24, 2.45) is 0 Å². The second-order valence-electron chi connectivity index (χ2n) is 3.83. The van der Waals surface area contributed by atoms with Crippen LogP contribution in [-0.2, 0) is 9.53 Å². The summed E-state index contributed by atoms with van der Waals surface area (Å²) in [7, 11) is 0. The number of ether oxygens (including phenoxy) is 1. The number of cyclic esters (lactones) is 1. The summed E-state index contributed by atoms with van der Waals surface area (Å²) in [5.74, 6) is -0.139. The van der Waals surface area contributed by atoms with E-state index in [9.17, 15) is 9.90 Å². The Morgan fingerprint density at radius 2 is 2.12 bits per heavy atom. The zero-order valence-corrected chi connectivity index (χ0v) is 8.88. The average Bonchev–Trinajstić information content (AvgIpc) is 2.58. The molecular weight excluding hydrogens is 204 g/mol. The van der Waals surface area contributed by atoms with Gasteiger partial charge in [-0.2, -0.15) is 0 Å². The van der Waals surface area contributed by atoms with Crippen LogP contribution >= 0.6 is 0 Å². The standard InChI is InChI=1S/C13H12O3/c1-13(9-7-12(15)16-13)8-6-10-4-2-3-5-11(10)14/h2-9,14H,1H3/b8-6+. The topological polar surface area (TPSA) is 46.5 Å². The monoisotopic (exact) mass is 216 g/mol. The van der Waals surface area contributed by atoms with Gasteiger partial charge >= 0.3 is 5.97 Å². The molecule has 1 aromatic carbocycles. The van der Waals surface area contributed by atoms with Crippen LogP contribution < -0.4 is 0 Å². The zero-order chi connectivity index (χ0) is 11.6. The number of hydrogen-bond donors (Lipinski definition) is 1. The number of rotatable bonds is 2. The van der Waals surface area contributed by atoms with Gasteiger partial charge in [-0.1, -0.05) is 24.3 Å². The second kappa shape index (κ2) is 3.85. The summed E-state index contributed by atoms with van der Waals surface area (Å²) < 4.78 is 5.09. The third-order valence-corrected chi connectivity index (χ3v) is 2.40. The molecule has 1 heterocycles. The van der Waals surface area contributed by atoms with Crippen molar-refractivity contribution in [3.8, 4) is 5.75 Å². The number of benzene rings is 1. The van der Waals surface area contributed by atoms with Gasteiger partial charge in [0.1, 0.15) is 11.4 Å². The van der Waals surface area contributed by atoms with Crippen LogP contribution in [0.15, 0.2) is 42.5 Å². The summed E-state index contributed by atoms with van der Waals surface area (Å²) in [6, 6.07) is 6.98.